The third-order valence-electron chi connectivity index (χ3n) is 3.41. The number of anilines is 1. The summed E-state index contributed by atoms with van der Waals surface area (Å²) in [6.07, 6.45) is 1.76. The van der Waals surface area contributed by atoms with Gasteiger partial charge in [0.1, 0.15) is 5.75 Å². The predicted octanol–water partition coefficient (Wildman–Crippen LogP) is 3.47. The van der Waals surface area contributed by atoms with Gasteiger partial charge < -0.3 is 15.0 Å². The summed E-state index contributed by atoms with van der Waals surface area (Å²) in [5, 5.41) is 4.08. The van der Waals surface area contributed by atoms with E-state index in [1.165, 1.54) is 0 Å². The van der Waals surface area contributed by atoms with Gasteiger partial charge in [0, 0.05) is 34.4 Å². The zero-order valence-electron chi connectivity index (χ0n) is 11.7. The molecule has 0 saturated carbocycles. The van der Waals surface area contributed by atoms with Gasteiger partial charge in [-0.25, -0.2) is 0 Å². The van der Waals surface area contributed by atoms with Crippen molar-refractivity contribution < 1.29 is 9.53 Å². The Morgan fingerprint density at radius 1 is 1.19 bits per heavy atom. The van der Waals surface area contributed by atoms with Crippen LogP contribution in [-0.2, 0) is 0 Å². The van der Waals surface area contributed by atoms with Crippen molar-refractivity contribution >= 4 is 22.4 Å². The standard InChI is InChI=1S/C17H16N2O2/c1-21-13-6-4-5-12(9-13)18-11-17(20)15-10-19-16-8-3-2-7-14(15)16/h2-10,18-19H,11H2,1H3. The van der Waals surface area contributed by atoms with Crippen LogP contribution in [0.2, 0.25) is 0 Å². The van der Waals surface area contributed by atoms with Crippen molar-refractivity contribution in [1.82, 2.24) is 4.98 Å². The summed E-state index contributed by atoms with van der Waals surface area (Å²) >= 11 is 0. The monoisotopic (exact) mass is 280 g/mol. The van der Waals surface area contributed by atoms with Crippen LogP contribution < -0.4 is 10.1 Å². The molecule has 1 heterocycles. The van der Waals surface area contributed by atoms with Gasteiger partial charge in [0.05, 0.1) is 13.7 Å². The number of nitrogens with one attached hydrogen (secondary N) is 2. The lowest BCUT2D eigenvalue weighted by Gasteiger charge is -2.07. The number of hydrogen-bond donors (Lipinski definition) is 2. The SMILES string of the molecule is COc1cccc(NCC(=O)c2c[nH]c3ccccc23)c1. The first-order valence-corrected chi connectivity index (χ1v) is 6.75. The van der Waals surface area contributed by atoms with Crippen molar-refractivity contribution in [3.63, 3.8) is 0 Å². The molecule has 1 aromatic heterocycles. The number of ether oxygens (including phenoxy) is 1. The van der Waals surface area contributed by atoms with E-state index in [0.717, 1.165) is 22.3 Å². The molecule has 3 rings (SSSR count). The molecule has 106 valence electrons. The molecule has 0 saturated heterocycles. The molecule has 0 radical (unpaired) electrons. The van der Waals surface area contributed by atoms with Crippen LogP contribution in [0.3, 0.4) is 0 Å². The topological polar surface area (TPSA) is 54.1 Å². The molecule has 0 aliphatic heterocycles. The Balaban J connectivity index is 1.74. The molecule has 0 spiro atoms. The highest BCUT2D eigenvalue weighted by atomic mass is 16.5. The summed E-state index contributed by atoms with van der Waals surface area (Å²) < 4.78 is 5.16. The molecule has 0 bridgehead atoms. The van der Waals surface area contributed by atoms with Gasteiger partial charge in [-0.15, -0.1) is 0 Å². The number of benzene rings is 2. The minimum Gasteiger partial charge on any atom is -0.497 e. The Bertz CT molecular complexity index is 777. The lowest BCUT2D eigenvalue weighted by molar-refractivity contribution is 0.101. The quantitative estimate of drug-likeness (QED) is 0.704. The highest BCUT2D eigenvalue weighted by Crippen LogP contribution is 2.19. The number of hydrogen-bond acceptors (Lipinski definition) is 3. The van der Waals surface area contributed by atoms with E-state index >= 15 is 0 Å². The van der Waals surface area contributed by atoms with Gasteiger partial charge >= 0.3 is 0 Å². The predicted molar refractivity (Wildman–Crippen MR) is 84.1 cm³/mol. The average molecular weight is 280 g/mol. The molecule has 2 N–H and O–H groups in total. The molecule has 4 nitrogen and oxygen atoms in total. The molecule has 0 atom stereocenters. The number of aromatic nitrogens is 1. The lowest BCUT2D eigenvalue weighted by atomic mass is 10.1. The summed E-state index contributed by atoms with van der Waals surface area (Å²) in [5.74, 6) is 0.815. The lowest BCUT2D eigenvalue weighted by Crippen LogP contribution is -2.13. The summed E-state index contributed by atoms with van der Waals surface area (Å²) in [6, 6.07) is 15.3. The minimum atomic E-state index is 0.0512. The van der Waals surface area contributed by atoms with Gasteiger partial charge in [-0.3, -0.25) is 4.79 Å². The number of Topliss-reactive ketones (excluding diaryl/α,β-unsaturated/α-hetero) is 1. The fourth-order valence-electron chi connectivity index (χ4n) is 2.31. The Morgan fingerprint density at radius 3 is 2.90 bits per heavy atom. The zero-order chi connectivity index (χ0) is 14.7. The second-order valence-electron chi connectivity index (χ2n) is 4.76. The first-order chi connectivity index (χ1) is 10.3. The van der Waals surface area contributed by atoms with Crippen LogP contribution in [0.5, 0.6) is 5.75 Å². The molecular weight excluding hydrogens is 264 g/mol. The molecule has 0 fully saturated rings. The maximum Gasteiger partial charge on any atom is 0.183 e. The van der Waals surface area contributed by atoms with Gasteiger partial charge in [-0.2, -0.15) is 0 Å². The average Bonchev–Trinajstić information content (AvgIpc) is 2.97. The second kappa shape index (κ2) is 5.71. The van der Waals surface area contributed by atoms with Gasteiger partial charge in [0.15, 0.2) is 5.78 Å². The van der Waals surface area contributed by atoms with Crippen LogP contribution in [0, 0.1) is 0 Å². The number of methoxy groups -OCH3 is 1. The minimum absolute atomic E-state index is 0.0512. The third kappa shape index (κ3) is 2.74. The number of carbonyl (C=O) groups excluding carboxylic acids is 1. The van der Waals surface area contributed by atoms with Crippen molar-refractivity contribution in [2.24, 2.45) is 0 Å². The van der Waals surface area contributed by atoms with Crippen LogP contribution in [0.25, 0.3) is 10.9 Å². The number of H-pyrrole nitrogens is 1. The van der Waals surface area contributed by atoms with Crippen molar-refractivity contribution in [3.8, 4) is 5.75 Å². The third-order valence-corrected chi connectivity index (χ3v) is 3.41. The maximum atomic E-state index is 12.3. The first-order valence-electron chi connectivity index (χ1n) is 6.75. The fourth-order valence-corrected chi connectivity index (χ4v) is 2.31. The van der Waals surface area contributed by atoms with E-state index in [-0.39, 0.29) is 12.3 Å². The molecule has 3 aromatic rings. The van der Waals surface area contributed by atoms with Crippen LogP contribution >= 0.6 is 0 Å². The van der Waals surface area contributed by atoms with Crippen molar-refractivity contribution in [2.75, 3.05) is 19.0 Å². The Hall–Kier alpha value is -2.75. The number of para-hydroxylation sites is 1. The normalized spacial score (nSPS) is 10.5. The maximum absolute atomic E-state index is 12.3. The van der Waals surface area contributed by atoms with E-state index in [2.05, 4.69) is 10.3 Å². The Morgan fingerprint density at radius 2 is 2.05 bits per heavy atom. The molecule has 0 aliphatic carbocycles. The number of fused-ring (bicyclic) bond motifs is 1. The fraction of sp³-hybridized carbons (Fsp3) is 0.118. The van der Waals surface area contributed by atoms with Gasteiger partial charge in [0.25, 0.3) is 0 Å². The smallest absolute Gasteiger partial charge is 0.183 e. The van der Waals surface area contributed by atoms with Crippen molar-refractivity contribution in [2.45, 2.75) is 0 Å². The van der Waals surface area contributed by atoms with Crippen molar-refractivity contribution in [3.05, 3.63) is 60.3 Å². The van der Waals surface area contributed by atoms with Crippen LogP contribution in [0.15, 0.2) is 54.7 Å². The summed E-state index contributed by atoms with van der Waals surface area (Å²) in [5.41, 5.74) is 2.55. The van der Waals surface area contributed by atoms with E-state index < -0.39 is 0 Å². The highest BCUT2D eigenvalue weighted by molar-refractivity contribution is 6.09. The Kier molecular flexibility index (Phi) is 3.60. The van der Waals surface area contributed by atoms with Gasteiger partial charge in [0.2, 0.25) is 0 Å². The molecule has 0 unspecified atom stereocenters. The van der Waals surface area contributed by atoms with E-state index in [4.69, 9.17) is 4.74 Å². The number of carbonyl (C=O) groups is 1. The molecule has 2 aromatic carbocycles. The van der Waals surface area contributed by atoms with Crippen LogP contribution in [0.1, 0.15) is 10.4 Å². The van der Waals surface area contributed by atoms with E-state index in [1.54, 1.807) is 13.3 Å². The van der Waals surface area contributed by atoms with Crippen molar-refractivity contribution in [1.29, 1.82) is 0 Å². The highest BCUT2D eigenvalue weighted by Gasteiger charge is 2.11. The van der Waals surface area contributed by atoms with Gasteiger partial charge in [-0.05, 0) is 18.2 Å². The van der Waals surface area contributed by atoms with Crippen LogP contribution in [0.4, 0.5) is 5.69 Å². The first kappa shape index (κ1) is 13.2. The van der Waals surface area contributed by atoms with E-state index in [0.29, 0.717) is 5.56 Å². The molecular formula is C17H16N2O2. The van der Waals surface area contributed by atoms with E-state index in [1.807, 2.05) is 48.5 Å². The zero-order valence-corrected chi connectivity index (χ0v) is 11.7. The van der Waals surface area contributed by atoms with E-state index in [9.17, 15) is 4.79 Å². The number of aromatic amines is 1. The molecule has 0 amide bonds. The van der Waals surface area contributed by atoms with Crippen LogP contribution in [-0.4, -0.2) is 24.4 Å². The number of rotatable bonds is 5. The molecule has 4 heteroatoms. The summed E-state index contributed by atoms with van der Waals surface area (Å²) in [6.45, 7) is 0.245. The summed E-state index contributed by atoms with van der Waals surface area (Å²) in [4.78, 5) is 15.5. The largest absolute Gasteiger partial charge is 0.497 e. The van der Waals surface area contributed by atoms with Gasteiger partial charge in [-0.1, -0.05) is 24.3 Å². The second-order valence-corrected chi connectivity index (χ2v) is 4.76. The molecule has 21 heavy (non-hydrogen) atoms. The Labute approximate surface area is 122 Å². The number of ketones is 1. The molecule has 0 aliphatic rings. The summed E-state index contributed by atoms with van der Waals surface area (Å²) in [7, 11) is 1.62.